The topological polar surface area (TPSA) is 43.6 Å². The molecule has 5 heteroatoms. The zero-order valence-electron chi connectivity index (χ0n) is 10.1. The minimum atomic E-state index is 0.415. The molecule has 1 aromatic carbocycles. The summed E-state index contributed by atoms with van der Waals surface area (Å²) in [6.07, 6.45) is 5.98. The molecule has 2 heterocycles. The number of halogens is 1. The quantitative estimate of drug-likeness (QED) is 0.717. The molecule has 0 atom stereocenters. The third kappa shape index (κ3) is 1.71. The van der Waals surface area contributed by atoms with E-state index in [9.17, 15) is 0 Å². The van der Waals surface area contributed by atoms with E-state index < -0.39 is 0 Å². The molecular formula is C14H11ClN4. The van der Waals surface area contributed by atoms with Gasteiger partial charge in [0, 0.05) is 23.7 Å². The summed E-state index contributed by atoms with van der Waals surface area (Å²) in [7, 11) is 0. The van der Waals surface area contributed by atoms with Crippen molar-refractivity contribution < 1.29 is 0 Å². The average molecular weight is 271 g/mol. The van der Waals surface area contributed by atoms with Crippen molar-refractivity contribution in [1.29, 1.82) is 0 Å². The first kappa shape index (κ1) is 10.9. The number of pyridine rings is 1. The summed E-state index contributed by atoms with van der Waals surface area (Å²) in [6.45, 7) is 0. The van der Waals surface area contributed by atoms with Crippen molar-refractivity contribution in [3.05, 3.63) is 47.8 Å². The maximum absolute atomic E-state index is 6.22. The summed E-state index contributed by atoms with van der Waals surface area (Å²) in [4.78, 5) is 4.21. The summed E-state index contributed by atoms with van der Waals surface area (Å²) >= 11 is 6.22. The summed E-state index contributed by atoms with van der Waals surface area (Å²) in [5.41, 5.74) is 1.00. The van der Waals surface area contributed by atoms with Gasteiger partial charge in [0.25, 0.3) is 0 Å². The zero-order valence-corrected chi connectivity index (χ0v) is 10.9. The van der Waals surface area contributed by atoms with Crippen LogP contribution in [-0.2, 0) is 0 Å². The number of aromatic nitrogens is 4. The summed E-state index contributed by atoms with van der Waals surface area (Å²) in [5, 5.41) is 10.9. The molecule has 1 aliphatic carbocycles. The number of nitrogens with zero attached hydrogens (tertiary/aromatic N) is 4. The first-order chi connectivity index (χ1) is 9.34. The highest BCUT2D eigenvalue weighted by Crippen LogP contribution is 2.41. The van der Waals surface area contributed by atoms with Crippen molar-refractivity contribution in [2.45, 2.75) is 18.8 Å². The SMILES string of the molecule is Clc1nnc(C2CC2)n1-c1cccc2ccncc12. The van der Waals surface area contributed by atoms with Gasteiger partial charge in [-0.25, -0.2) is 0 Å². The highest BCUT2D eigenvalue weighted by atomic mass is 35.5. The molecule has 2 aromatic heterocycles. The van der Waals surface area contributed by atoms with E-state index in [1.165, 1.54) is 0 Å². The van der Waals surface area contributed by atoms with Gasteiger partial charge < -0.3 is 0 Å². The van der Waals surface area contributed by atoms with E-state index in [2.05, 4.69) is 21.2 Å². The highest BCUT2D eigenvalue weighted by molar-refractivity contribution is 6.28. The molecule has 0 spiro atoms. The van der Waals surface area contributed by atoms with Crippen LogP contribution in [0.25, 0.3) is 16.5 Å². The molecule has 1 fully saturated rings. The van der Waals surface area contributed by atoms with Crippen LogP contribution in [0.15, 0.2) is 36.7 Å². The van der Waals surface area contributed by atoms with Crippen LogP contribution in [0.4, 0.5) is 0 Å². The molecule has 1 saturated carbocycles. The Bertz CT molecular complexity index is 756. The van der Waals surface area contributed by atoms with E-state index >= 15 is 0 Å². The van der Waals surface area contributed by atoms with Crippen LogP contribution in [-0.4, -0.2) is 19.7 Å². The Labute approximate surface area is 115 Å². The lowest BCUT2D eigenvalue weighted by atomic mass is 10.1. The molecule has 94 valence electrons. The lowest BCUT2D eigenvalue weighted by Gasteiger charge is -2.10. The van der Waals surface area contributed by atoms with Crippen molar-refractivity contribution >= 4 is 22.4 Å². The van der Waals surface area contributed by atoms with Crippen LogP contribution in [0.1, 0.15) is 24.6 Å². The van der Waals surface area contributed by atoms with Gasteiger partial charge in [-0.15, -0.1) is 10.2 Å². The third-order valence-electron chi connectivity index (χ3n) is 3.49. The van der Waals surface area contributed by atoms with Crippen LogP contribution >= 0.6 is 11.6 Å². The van der Waals surface area contributed by atoms with Gasteiger partial charge in [-0.3, -0.25) is 9.55 Å². The van der Waals surface area contributed by atoms with Gasteiger partial charge in [0.1, 0.15) is 5.82 Å². The van der Waals surface area contributed by atoms with E-state index in [-0.39, 0.29) is 0 Å². The maximum Gasteiger partial charge on any atom is 0.229 e. The molecule has 0 saturated heterocycles. The lowest BCUT2D eigenvalue weighted by Crippen LogP contribution is -2.01. The Morgan fingerprint density at radius 2 is 2.05 bits per heavy atom. The largest absolute Gasteiger partial charge is 0.269 e. The number of fused-ring (bicyclic) bond motifs is 1. The molecule has 0 radical (unpaired) electrons. The second kappa shape index (κ2) is 4.03. The Hall–Kier alpha value is -1.94. The summed E-state index contributed by atoms with van der Waals surface area (Å²) in [5.74, 6) is 1.45. The number of hydrogen-bond donors (Lipinski definition) is 0. The first-order valence-electron chi connectivity index (χ1n) is 6.28. The Morgan fingerprint density at radius 1 is 1.16 bits per heavy atom. The molecule has 1 aliphatic rings. The molecule has 4 rings (SSSR count). The fourth-order valence-electron chi connectivity index (χ4n) is 2.40. The molecule has 19 heavy (non-hydrogen) atoms. The monoisotopic (exact) mass is 270 g/mol. The number of hydrogen-bond acceptors (Lipinski definition) is 3. The van der Waals surface area contributed by atoms with Gasteiger partial charge in [-0.05, 0) is 42.0 Å². The van der Waals surface area contributed by atoms with Gasteiger partial charge in [0.2, 0.25) is 5.28 Å². The zero-order chi connectivity index (χ0) is 12.8. The van der Waals surface area contributed by atoms with Crippen molar-refractivity contribution in [1.82, 2.24) is 19.7 Å². The van der Waals surface area contributed by atoms with E-state index in [0.29, 0.717) is 11.2 Å². The minimum absolute atomic E-state index is 0.415. The van der Waals surface area contributed by atoms with Gasteiger partial charge >= 0.3 is 0 Å². The Morgan fingerprint density at radius 3 is 2.89 bits per heavy atom. The van der Waals surface area contributed by atoms with Gasteiger partial charge in [0.05, 0.1) is 5.69 Å². The van der Waals surface area contributed by atoms with Crippen molar-refractivity contribution in [2.24, 2.45) is 0 Å². The predicted octanol–water partition coefficient (Wildman–Crippen LogP) is 3.35. The van der Waals surface area contributed by atoms with E-state index in [1.807, 2.05) is 29.0 Å². The summed E-state index contributed by atoms with van der Waals surface area (Å²) < 4.78 is 1.95. The van der Waals surface area contributed by atoms with Crippen molar-refractivity contribution in [2.75, 3.05) is 0 Å². The summed E-state index contributed by atoms with van der Waals surface area (Å²) in [6, 6.07) is 8.11. The molecule has 3 aromatic rings. The molecule has 0 unspecified atom stereocenters. The fourth-order valence-corrected chi connectivity index (χ4v) is 2.61. The molecule has 4 nitrogen and oxygen atoms in total. The predicted molar refractivity (Wildman–Crippen MR) is 73.6 cm³/mol. The number of benzene rings is 1. The van der Waals surface area contributed by atoms with Crippen molar-refractivity contribution in [3.63, 3.8) is 0 Å². The van der Waals surface area contributed by atoms with E-state index in [4.69, 9.17) is 11.6 Å². The highest BCUT2D eigenvalue weighted by Gasteiger charge is 2.30. The molecule has 0 aliphatic heterocycles. The molecular weight excluding hydrogens is 260 g/mol. The minimum Gasteiger partial charge on any atom is -0.269 e. The average Bonchev–Trinajstić information content (AvgIpc) is 3.22. The van der Waals surface area contributed by atoms with Crippen LogP contribution in [0.3, 0.4) is 0 Å². The van der Waals surface area contributed by atoms with Gasteiger partial charge in [-0.1, -0.05) is 12.1 Å². The van der Waals surface area contributed by atoms with E-state index in [1.54, 1.807) is 6.20 Å². The second-order valence-electron chi connectivity index (χ2n) is 4.81. The lowest BCUT2D eigenvalue weighted by molar-refractivity contribution is 0.875. The standard InChI is InChI=1S/C14H11ClN4/c15-14-18-17-13(10-4-5-10)19(14)12-3-1-2-9-6-7-16-8-11(9)12/h1-3,6-8,10H,4-5H2. The van der Waals surface area contributed by atoms with Crippen LogP contribution in [0.2, 0.25) is 5.28 Å². The normalized spacial score (nSPS) is 15.0. The van der Waals surface area contributed by atoms with Crippen LogP contribution in [0, 0.1) is 0 Å². The Balaban J connectivity index is 2.02. The van der Waals surface area contributed by atoms with Crippen molar-refractivity contribution in [3.8, 4) is 5.69 Å². The molecule has 0 amide bonds. The smallest absolute Gasteiger partial charge is 0.229 e. The second-order valence-corrected chi connectivity index (χ2v) is 5.15. The molecule has 0 N–H and O–H groups in total. The van der Waals surface area contributed by atoms with Crippen LogP contribution in [0.5, 0.6) is 0 Å². The number of rotatable bonds is 2. The van der Waals surface area contributed by atoms with Crippen LogP contribution < -0.4 is 0 Å². The van der Waals surface area contributed by atoms with Gasteiger partial charge in [-0.2, -0.15) is 0 Å². The van der Waals surface area contributed by atoms with Gasteiger partial charge in [0.15, 0.2) is 0 Å². The molecule has 0 bridgehead atoms. The Kier molecular flexibility index (Phi) is 2.32. The maximum atomic E-state index is 6.22. The third-order valence-corrected chi connectivity index (χ3v) is 3.74. The van der Waals surface area contributed by atoms with E-state index in [0.717, 1.165) is 35.1 Å². The first-order valence-corrected chi connectivity index (χ1v) is 6.66. The fraction of sp³-hybridized carbons (Fsp3) is 0.214.